The molecule has 3 aromatic rings. The number of nitrogens with zero attached hydrogens (tertiary/aromatic N) is 1. The summed E-state index contributed by atoms with van der Waals surface area (Å²) in [6.07, 6.45) is -0.745. The maximum Gasteiger partial charge on any atom is 0.330 e. The number of aliphatic hydroxyl groups is 1. The van der Waals surface area contributed by atoms with Gasteiger partial charge in [0.05, 0.1) is 18.2 Å². The molecule has 134 valence electrons. The molecule has 6 heteroatoms. The van der Waals surface area contributed by atoms with E-state index in [0.717, 1.165) is 11.1 Å². The highest BCUT2D eigenvalue weighted by atomic mass is 16.3. The van der Waals surface area contributed by atoms with E-state index in [0.29, 0.717) is 11.4 Å². The third-order valence-electron chi connectivity index (χ3n) is 4.26. The summed E-state index contributed by atoms with van der Waals surface area (Å²) in [7, 11) is 0. The predicted octanol–water partition coefficient (Wildman–Crippen LogP) is 2.04. The summed E-state index contributed by atoms with van der Waals surface area (Å²) in [4.78, 5) is 27.6. The number of aliphatic hydroxyl groups excluding tert-OH is 1. The van der Waals surface area contributed by atoms with Crippen LogP contribution in [0.5, 0.6) is 0 Å². The average Bonchev–Trinajstić information content (AvgIpc) is 2.68. The SMILES string of the molecule is Cc1c(NCC(O)c2ccccc2)[nH]c(=O)n(Cc2ccccc2)c1=O. The van der Waals surface area contributed by atoms with Crippen molar-refractivity contribution < 1.29 is 5.11 Å². The Morgan fingerprint density at radius 1 is 1.04 bits per heavy atom. The summed E-state index contributed by atoms with van der Waals surface area (Å²) in [5, 5.41) is 13.2. The fourth-order valence-corrected chi connectivity index (χ4v) is 2.75. The first-order valence-corrected chi connectivity index (χ1v) is 8.41. The molecule has 0 aliphatic rings. The number of benzene rings is 2. The number of aromatic nitrogens is 2. The molecule has 0 fully saturated rings. The van der Waals surface area contributed by atoms with Crippen LogP contribution in [0.3, 0.4) is 0 Å². The van der Waals surface area contributed by atoms with Crippen LogP contribution in [-0.4, -0.2) is 21.2 Å². The van der Waals surface area contributed by atoms with Crippen LogP contribution in [0.15, 0.2) is 70.3 Å². The Kier molecular flexibility index (Phi) is 5.34. The maximum atomic E-state index is 12.6. The van der Waals surface area contributed by atoms with Crippen molar-refractivity contribution in [1.82, 2.24) is 9.55 Å². The largest absolute Gasteiger partial charge is 0.387 e. The van der Waals surface area contributed by atoms with E-state index in [1.165, 1.54) is 4.57 Å². The highest BCUT2D eigenvalue weighted by molar-refractivity contribution is 5.42. The molecular formula is C20H21N3O3. The highest BCUT2D eigenvalue weighted by Gasteiger charge is 2.13. The second kappa shape index (κ2) is 7.84. The normalized spacial score (nSPS) is 11.9. The number of nitrogens with one attached hydrogen (secondary N) is 2. The van der Waals surface area contributed by atoms with Crippen molar-refractivity contribution in [3.63, 3.8) is 0 Å². The number of aromatic amines is 1. The van der Waals surface area contributed by atoms with Crippen LogP contribution in [0.2, 0.25) is 0 Å². The molecular weight excluding hydrogens is 330 g/mol. The molecule has 3 rings (SSSR count). The van der Waals surface area contributed by atoms with Gasteiger partial charge in [0.1, 0.15) is 5.82 Å². The quantitative estimate of drug-likeness (QED) is 0.634. The Labute approximate surface area is 150 Å². The molecule has 0 aliphatic carbocycles. The van der Waals surface area contributed by atoms with Crippen molar-refractivity contribution >= 4 is 5.82 Å². The molecule has 0 saturated heterocycles. The van der Waals surface area contributed by atoms with Crippen LogP contribution in [0.1, 0.15) is 22.8 Å². The van der Waals surface area contributed by atoms with Crippen LogP contribution in [0.4, 0.5) is 5.82 Å². The monoisotopic (exact) mass is 351 g/mol. The fourth-order valence-electron chi connectivity index (χ4n) is 2.75. The Morgan fingerprint density at radius 3 is 2.31 bits per heavy atom. The second-order valence-corrected chi connectivity index (χ2v) is 6.11. The minimum absolute atomic E-state index is 0.183. The fraction of sp³-hybridized carbons (Fsp3) is 0.200. The molecule has 1 heterocycles. The lowest BCUT2D eigenvalue weighted by atomic mass is 10.1. The molecule has 6 nitrogen and oxygen atoms in total. The minimum atomic E-state index is -0.745. The molecule has 2 aromatic carbocycles. The van der Waals surface area contributed by atoms with Gasteiger partial charge in [-0.1, -0.05) is 60.7 Å². The minimum Gasteiger partial charge on any atom is -0.387 e. The lowest BCUT2D eigenvalue weighted by Gasteiger charge is -2.15. The Balaban J connectivity index is 1.79. The van der Waals surface area contributed by atoms with Gasteiger partial charge in [-0.2, -0.15) is 0 Å². The van der Waals surface area contributed by atoms with Gasteiger partial charge in [-0.25, -0.2) is 4.79 Å². The molecule has 1 aromatic heterocycles. The molecule has 0 radical (unpaired) electrons. The topological polar surface area (TPSA) is 87.1 Å². The zero-order valence-electron chi connectivity index (χ0n) is 14.5. The zero-order valence-corrected chi connectivity index (χ0v) is 14.5. The summed E-state index contributed by atoms with van der Waals surface area (Å²) in [6, 6.07) is 18.5. The van der Waals surface area contributed by atoms with E-state index in [1.807, 2.05) is 60.7 Å². The summed E-state index contributed by atoms with van der Waals surface area (Å²) in [6.45, 7) is 2.04. The van der Waals surface area contributed by atoms with Crippen molar-refractivity contribution in [3.05, 3.63) is 98.2 Å². The molecule has 1 unspecified atom stereocenters. The number of anilines is 1. The summed E-state index contributed by atoms with van der Waals surface area (Å²) in [5.74, 6) is 0.333. The predicted molar refractivity (Wildman–Crippen MR) is 101 cm³/mol. The van der Waals surface area contributed by atoms with Crippen LogP contribution >= 0.6 is 0 Å². The molecule has 0 bridgehead atoms. The molecule has 0 spiro atoms. The third-order valence-corrected chi connectivity index (χ3v) is 4.26. The van der Waals surface area contributed by atoms with Crippen LogP contribution in [0, 0.1) is 6.92 Å². The number of hydrogen-bond acceptors (Lipinski definition) is 4. The van der Waals surface area contributed by atoms with Gasteiger partial charge in [0.25, 0.3) is 5.56 Å². The maximum absolute atomic E-state index is 12.6. The standard InChI is InChI=1S/C20H21N3O3/c1-14-18(21-12-17(24)16-10-6-3-7-11-16)22-20(26)23(19(14)25)13-15-8-4-2-5-9-15/h2-11,17,21,24H,12-13H2,1H3,(H,22,26). The van der Waals surface area contributed by atoms with E-state index >= 15 is 0 Å². The first-order valence-electron chi connectivity index (χ1n) is 8.41. The Hall–Kier alpha value is -3.12. The molecule has 3 N–H and O–H groups in total. The number of H-pyrrole nitrogens is 1. The van der Waals surface area contributed by atoms with E-state index in [1.54, 1.807) is 6.92 Å². The molecule has 1 atom stereocenters. The van der Waals surface area contributed by atoms with Gasteiger partial charge in [-0.3, -0.25) is 14.3 Å². The first kappa shape index (κ1) is 17.7. The van der Waals surface area contributed by atoms with Gasteiger partial charge < -0.3 is 10.4 Å². The summed E-state index contributed by atoms with van der Waals surface area (Å²) < 4.78 is 1.17. The van der Waals surface area contributed by atoms with Gasteiger partial charge in [-0.05, 0) is 18.1 Å². The van der Waals surface area contributed by atoms with E-state index in [9.17, 15) is 14.7 Å². The molecule has 0 amide bonds. The highest BCUT2D eigenvalue weighted by Crippen LogP contribution is 2.13. The van der Waals surface area contributed by atoms with Gasteiger partial charge in [0.15, 0.2) is 0 Å². The average molecular weight is 351 g/mol. The number of hydrogen-bond donors (Lipinski definition) is 3. The third kappa shape index (κ3) is 3.92. The first-order chi connectivity index (χ1) is 12.6. The van der Waals surface area contributed by atoms with Crippen molar-refractivity contribution in [3.8, 4) is 0 Å². The van der Waals surface area contributed by atoms with Gasteiger partial charge >= 0.3 is 5.69 Å². The van der Waals surface area contributed by atoms with Gasteiger partial charge in [-0.15, -0.1) is 0 Å². The van der Waals surface area contributed by atoms with Crippen molar-refractivity contribution in [2.45, 2.75) is 19.6 Å². The lowest BCUT2D eigenvalue weighted by molar-refractivity contribution is 0.191. The van der Waals surface area contributed by atoms with Crippen LogP contribution in [-0.2, 0) is 6.54 Å². The lowest BCUT2D eigenvalue weighted by Crippen LogP contribution is -2.38. The van der Waals surface area contributed by atoms with Gasteiger partial charge in [0, 0.05) is 6.54 Å². The second-order valence-electron chi connectivity index (χ2n) is 6.11. The van der Waals surface area contributed by atoms with E-state index < -0.39 is 11.8 Å². The van der Waals surface area contributed by atoms with E-state index in [4.69, 9.17) is 0 Å². The van der Waals surface area contributed by atoms with E-state index in [-0.39, 0.29) is 18.6 Å². The summed E-state index contributed by atoms with van der Waals surface area (Å²) >= 11 is 0. The number of rotatable bonds is 6. The van der Waals surface area contributed by atoms with Crippen molar-refractivity contribution in [2.24, 2.45) is 0 Å². The van der Waals surface area contributed by atoms with Crippen LogP contribution in [0.25, 0.3) is 0 Å². The van der Waals surface area contributed by atoms with Crippen molar-refractivity contribution in [1.29, 1.82) is 0 Å². The van der Waals surface area contributed by atoms with Crippen molar-refractivity contribution in [2.75, 3.05) is 11.9 Å². The van der Waals surface area contributed by atoms with E-state index in [2.05, 4.69) is 10.3 Å². The van der Waals surface area contributed by atoms with Gasteiger partial charge in [0.2, 0.25) is 0 Å². The zero-order chi connectivity index (χ0) is 18.5. The molecule has 0 aliphatic heterocycles. The Morgan fingerprint density at radius 2 is 1.65 bits per heavy atom. The molecule has 26 heavy (non-hydrogen) atoms. The smallest absolute Gasteiger partial charge is 0.330 e. The van der Waals surface area contributed by atoms with Crippen LogP contribution < -0.4 is 16.6 Å². The molecule has 0 saturated carbocycles. The summed E-state index contributed by atoms with van der Waals surface area (Å²) in [5.41, 5.74) is 1.20. The Bertz CT molecular complexity index is 979.